The van der Waals surface area contributed by atoms with Crippen molar-refractivity contribution in [1.82, 2.24) is 4.90 Å². The van der Waals surface area contributed by atoms with Crippen LogP contribution < -0.4 is 5.73 Å². The van der Waals surface area contributed by atoms with Gasteiger partial charge >= 0.3 is 0 Å². The van der Waals surface area contributed by atoms with E-state index in [0.29, 0.717) is 11.5 Å². The highest BCUT2D eigenvalue weighted by atomic mass is 16.5. The van der Waals surface area contributed by atoms with Crippen LogP contribution >= 0.6 is 0 Å². The van der Waals surface area contributed by atoms with Gasteiger partial charge in [0.25, 0.3) is 0 Å². The van der Waals surface area contributed by atoms with Gasteiger partial charge in [-0.15, -0.1) is 0 Å². The molecule has 0 bridgehead atoms. The molecule has 2 N–H and O–H groups in total. The van der Waals surface area contributed by atoms with Crippen LogP contribution in [-0.4, -0.2) is 43.3 Å². The molecule has 0 radical (unpaired) electrons. The number of nitrogens with zero attached hydrogens (tertiary/aromatic N) is 1. The lowest BCUT2D eigenvalue weighted by Gasteiger charge is -2.50. The van der Waals surface area contributed by atoms with Gasteiger partial charge in [-0.25, -0.2) is 0 Å². The van der Waals surface area contributed by atoms with Gasteiger partial charge in [-0.05, 0) is 44.6 Å². The number of hydrogen-bond donors (Lipinski definition) is 1. The van der Waals surface area contributed by atoms with Gasteiger partial charge in [-0.2, -0.15) is 0 Å². The van der Waals surface area contributed by atoms with Gasteiger partial charge in [-0.3, -0.25) is 4.90 Å². The molecule has 17 heavy (non-hydrogen) atoms. The highest BCUT2D eigenvalue weighted by molar-refractivity contribution is 4.99. The molecule has 1 saturated heterocycles. The van der Waals surface area contributed by atoms with Gasteiger partial charge < -0.3 is 10.5 Å². The molecular formula is C14H28N2O. The molecule has 0 aromatic heterocycles. The molecular weight excluding hydrogens is 212 g/mol. The average molecular weight is 240 g/mol. The van der Waals surface area contributed by atoms with Crippen LogP contribution in [0.2, 0.25) is 0 Å². The lowest BCUT2D eigenvalue weighted by atomic mass is 9.68. The van der Waals surface area contributed by atoms with E-state index in [1.54, 1.807) is 0 Å². The largest absolute Gasteiger partial charge is 0.380 e. The first-order chi connectivity index (χ1) is 7.99. The molecule has 1 atom stereocenters. The summed E-state index contributed by atoms with van der Waals surface area (Å²) in [5.41, 5.74) is 6.85. The second-order valence-electron chi connectivity index (χ2n) is 6.72. The normalized spacial score (nSPS) is 31.9. The number of nitrogens with two attached hydrogens (primary N) is 1. The van der Waals surface area contributed by atoms with E-state index in [1.807, 2.05) is 0 Å². The summed E-state index contributed by atoms with van der Waals surface area (Å²) in [4.78, 5) is 2.54. The molecule has 1 heterocycles. The summed E-state index contributed by atoms with van der Waals surface area (Å²) >= 11 is 0. The molecule has 0 aromatic rings. The molecule has 2 rings (SSSR count). The molecule has 3 nitrogen and oxygen atoms in total. The van der Waals surface area contributed by atoms with Gasteiger partial charge in [0.2, 0.25) is 0 Å². The molecule has 0 spiro atoms. The molecule has 100 valence electrons. The highest BCUT2D eigenvalue weighted by Gasteiger charge is 2.42. The Kier molecular flexibility index (Phi) is 3.81. The summed E-state index contributed by atoms with van der Waals surface area (Å²) in [6.45, 7) is 7.36. The zero-order chi connectivity index (χ0) is 12.5. The van der Waals surface area contributed by atoms with E-state index >= 15 is 0 Å². The van der Waals surface area contributed by atoms with Crippen molar-refractivity contribution in [2.75, 3.05) is 26.8 Å². The van der Waals surface area contributed by atoms with Crippen molar-refractivity contribution in [2.45, 2.75) is 57.5 Å². The first kappa shape index (κ1) is 13.3. The third-order valence-electron chi connectivity index (χ3n) is 5.12. The Hall–Kier alpha value is -0.120. The molecule has 2 aliphatic rings. The third-order valence-corrected chi connectivity index (χ3v) is 5.12. The van der Waals surface area contributed by atoms with Gasteiger partial charge in [0.05, 0.1) is 6.61 Å². The van der Waals surface area contributed by atoms with Crippen LogP contribution in [-0.2, 0) is 4.74 Å². The molecule has 0 aromatic carbocycles. The highest BCUT2D eigenvalue weighted by Crippen LogP contribution is 2.43. The maximum absolute atomic E-state index is 6.11. The van der Waals surface area contributed by atoms with Crippen LogP contribution in [0.25, 0.3) is 0 Å². The Morgan fingerprint density at radius 1 is 1.24 bits per heavy atom. The number of ether oxygens (including phenoxy) is 1. The molecule has 1 aliphatic carbocycles. The Balaban J connectivity index is 2.04. The number of likely N-dealkylation sites (N-methyl/N-ethyl adjacent to an activating group) is 1. The van der Waals surface area contributed by atoms with Gasteiger partial charge in [-0.1, -0.05) is 13.8 Å². The topological polar surface area (TPSA) is 38.5 Å². The first-order valence-electron chi connectivity index (χ1n) is 7.00. The Morgan fingerprint density at radius 2 is 1.88 bits per heavy atom. The van der Waals surface area contributed by atoms with E-state index in [9.17, 15) is 0 Å². The Bertz CT molecular complexity index is 249. The smallest absolute Gasteiger partial charge is 0.0622 e. The van der Waals surface area contributed by atoms with E-state index in [2.05, 4.69) is 25.8 Å². The predicted molar refractivity (Wildman–Crippen MR) is 71.0 cm³/mol. The minimum absolute atomic E-state index is 0.230. The van der Waals surface area contributed by atoms with Gasteiger partial charge in [0.1, 0.15) is 0 Å². The van der Waals surface area contributed by atoms with Crippen molar-refractivity contribution in [1.29, 1.82) is 0 Å². The zero-order valence-corrected chi connectivity index (χ0v) is 11.7. The predicted octanol–water partition coefficient (Wildman–Crippen LogP) is 2.00. The molecule has 1 saturated carbocycles. The average Bonchev–Trinajstić information content (AvgIpc) is 2.82. The van der Waals surface area contributed by atoms with E-state index in [1.165, 1.54) is 32.1 Å². The van der Waals surface area contributed by atoms with Crippen LogP contribution in [0.3, 0.4) is 0 Å². The maximum Gasteiger partial charge on any atom is 0.0622 e. The molecule has 0 amide bonds. The van der Waals surface area contributed by atoms with Crippen LogP contribution in [0.4, 0.5) is 0 Å². The number of rotatable bonds is 3. The first-order valence-corrected chi connectivity index (χ1v) is 7.00. The zero-order valence-electron chi connectivity index (χ0n) is 11.7. The van der Waals surface area contributed by atoms with E-state index in [4.69, 9.17) is 10.5 Å². The van der Waals surface area contributed by atoms with Crippen LogP contribution in [0.5, 0.6) is 0 Å². The molecule has 3 heteroatoms. The summed E-state index contributed by atoms with van der Waals surface area (Å²) < 4.78 is 5.52. The summed E-state index contributed by atoms with van der Waals surface area (Å²) in [6, 6.07) is 0.583. The SMILES string of the molecule is CN(C1CCOC1)C1(CN)CCC(C)(C)CC1. The van der Waals surface area contributed by atoms with E-state index in [0.717, 1.165) is 19.8 Å². The summed E-state index contributed by atoms with van der Waals surface area (Å²) in [5.74, 6) is 0. The van der Waals surface area contributed by atoms with Crippen LogP contribution in [0.1, 0.15) is 46.0 Å². The van der Waals surface area contributed by atoms with Crippen molar-refractivity contribution in [3.8, 4) is 0 Å². The summed E-state index contributed by atoms with van der Waals surface area (Å²) in [5, 5.41) is 0. The summed E-state index contributed by atoms with van der Waals surface area (Å²) in [6.07, 6.45) is 6.23. The van der Waals surface area contributed by atoms with E-state index in [-0.39, 0.29) is 5.54 Å². The standard InChI is InChI=1S/C14H28N2O/c1-13(2)5-7-14(11-15,8-6-13)16(3)12-4-9-17-10-12/h12H,4-11,15H2,1-3H3. The molecule has 1 unspecified atom stereocenters. The van der Waals surface area contributed by atoms with Crippen molar-refractivity contribution in [3.05, 3.63) is 0 Å². The minimum Gasteiger partial charge on any atom is -0.380 e. The van der Waals surface area contributed by atoms with Crippen molar-refractivity contribution in [2.24, 2.45) is 11.1 Å². The minimum atomic E-state index is 0.230. The second kappa shape index (κ2) is 4.87. The fraction of sp³-hybridized carbons (Fsp3) is 1.00. The third kappa shape index (κ3) is 2.67. The molecule has 2 fully saturated rings. The quantitative estimate of drug-likeness (QED) is 0.820. The van der Waals surface area contributed by atoms with Crippen LogP contribution in [0, 0.1) is 5.41 Å². The monoisotopic (exact) mass is 240 g/mol. The van der Waals surface area contributed by atoms with Crippen molar-refractivity contribution >= 4 is 0 Å². The summed E-state index contributed by atoms with van der Waals surface area (Å²) in [7, 11) is 2.25. The molecule has 1 aliphatic heterocycles. The Labute approximate surface area is 106 Å². The lowest BCUT2D eigenvalue weighted by molar-refractivity contribution is 0.00952. The maximum atomic E-state index is 6.11. The van der Waals surface area contributed by atoms with Crippen molar-refractivity contribution in [3.63, 3.8) is 0 Å². The fourth-order valence-electron chi connectivity index (χ4n) is 3.31. The lowest BCUT2D eigenvalue weighted by Crippen LogP contribution is -2.58. The van der Waals surface area contributed by atoms with Gasteiger partial charge in [0.15, 0.2) is 0 Å². The number of hydrogen-bond acceptors (Lipinski definition) is 3. The van der Waals surface area contributed by atoms with Crippen molar-refractivity contribution < 1.29 is 4.74 Å². The van der Waals surface area contributed by atoms with E-state index < -0.39 is 0 Å². The van der Waals surface area contributed by atoms with Gasteiger partial charge in [0, 0.05) is 24.7 Å². The fourth-order valence-corrected chi connectivity index (χ4v) is 3.31. The second-order valence-corrected chi connectivity index (χ2v) is 6.72. The van der Waals surface area contributed by atoms with Crippen LogP contribution in [0.15, 0.2) is 0 Å². The Morgan fingerprint density at radius 3 is 2.35 bits per heavy atom.